The van der Waals surface area contributed by atoms with E-state index in [-0.39, 0.29) is 0 Å². The van der Waals surface area contributed by atoms with Crippen LogP contribution in [0.3, 0.4) is 0 Å². The Morgan fingerprint density at radius 1 is 1.38 bits per heavy atom. The number of aliphatic hydroxyl groups is 1. The smallest absolute Gasteiger partial charge is 0.0743 e. The molecule has 2 atom stereocenters. The molecule has 1 fully saturated rings. The average molecular weight is 227 g/mol. The standard InChI is InChI=1S/C14H29NO/c1-5-9-14(4,16)11-15-12-8-6-7-10-13(12,2)3/h12,15-16H,5-11H2,1-4H3. The first-order valence-corrected chi connectivity index (χ1v) is 6.83. The molecule has 1 rings (SSSR count). The van der Waals surface area contributed by atoms with Crippen molar-refractivity contribution in [3.05, 3.63) is 0 Å². The van der Waals surface area contributed by atoms with Crippen LogP contribution in [0.5, 0.6) is 0 Å². The zero-order chi connectivity index (χ0) is 12.2. The normalized spacial score (nSPS) is 28.7. The van der Waals surface area contributed by atoms with E-state index in [0.717, 1.165) is 19.4 Å². The van der Waals surface area contributed by atoms with Crippen LogP contribution in [0.1, 0.15) is 66.2 Å². The molecule has 96 valence electrons. The summed E-state index contributed by atoms with van der Waals surface area (Å²) >= 11 is 0. The van der Waals surface area contributed by atoms with Crippen LogP contribution in [0, 0.1) is 5.41 Å². The highest BCUT2D eigenvalue weighted by molar-refractivity contribution is 4.89. The maximum atomic E-state index is 10.2. The van der Waals surface area contributed by atoms with E-state index in [1.54, 1.807) is 0 Å². The van der Waals surface area contributed by atoms with Crippen molar-refractivity contribution in [2.45, 2.75) is 77.9 Å². The molecule has 0 aromatic rings. The van der Waals surface area contributed by atoms with Crippen LogP contribution < -0.4 is 5.32 Å². The van der Waals surface area contributed by atoms with E-state index >= 15 is 0 Å². The second kappa shape index (κ2) is 5.50. The van der Waals surface area contributed by atoms with Crippen molar-refractivity contribution in [2.75, 3.05) is 6.54 Å². The van der Waals surface area contributed by atoms with E-state index in [2.05, 4.69) is 26.1 Å². The van der Waals surface area contributed by atoms with E-state index in [9.17, 15) is 5.11 Å². The highest BCUT2D eigenvalue weighted by Gasteiger charge is 2.33. The van der Waals surface area contributed by atoms with Gasteiger partial charge in [0, 0.05) is 12.6 Å². The Labute approximate surface area is 101 Å². The number of hydrogen-bond acceptors (Lipinski definition) is 2. The Morgan fingerprint density at radius 2 is 2.06 bits per heavy atom. The third-order valence-electron chi connectivity index (χ3n) is 4.03. The Morgan fingerprint density at radius 3 is 2.62 bits per heavy atom. The number of hydrogen-bond donors (Lipinski definition) is 2. The van der Waals surface area contributed by atoms with Gasteiger partial charge in [-0.1, -0.05) is 40.0 Å². The highest BCUT2D eigenvalue weighted by atomic mass is 16.3. The minimum atomic E-state index is -0.539. The van der Waals surface area contributed by atoms with Crippen molar-refractivity contribution in [1.29, 1.82) is 0 Å². The first-order chi connectivity index (χ1) is 7.37. The van der Waals surface area contributed by atoms with Crippen LogP contribution in [0.4, 0.5) is 0 Å². The van der Waals surface area contributed by atoms with Gasteiger partial charge in [0.2, 0.25) is 0 Å². The van der Waals surface area contributed by atoms with Gasteiger partial charge >= 0.3 is 0 Å². The molecule has 0 saturated heterocycles. The molecule has 1 saturated carbocycles. The molecule has 2 nitrogen and oxygen atoms in total. The zero-order valence-corrected chi connectivity index (χ0v) is 11.5. The van der Waals surface area contributed by atoms with Gasteiger partial charge in [-0.3, -0.25) is 0 Å². The summed E-state index contributed by atoms with van der Waals surface area (Å²) in [4.78, 5) is 0. The molecule has 0 aromatic heterocycles. The van der Waals surface area contributed by atoms with E-state index in [4.69, 9.17) is 0 Å². The Hall–Kier alpha value is -0.0800. The minimum absolute atomic E-state index is 0.389. The van der Waals surface area contributed by atoms with Gasteiger partial charge in [0.25, 0.3) is 0 Å². The maximum absolute atomic E-state index is 10.2. The SMILES string of the molecule is CCCC(C)(O)CNC1CCCCC1(C)C. The molecule has 16 heavy (non-hydrogen) atoms. The van der Waals surface area contributed by atoms with Crippen LogP contribution in [0.2, 0.25) is 0 Å². The van der Waals surface area contributed by atoms with Crippen molar-refractivity contribution in [2.24, 2.45) is 5.41 Å². The second-order valence-corrected chi connectivity index (χ2v) is 6.41. The van der Waals surface area contributed by atoms with E-state index in [0.29, 0.717) is 11.5 Å². The molecule has 0 radical (unpaired) electrons. The first kappa shape index (κ1) is 14.0. The summed E-state index contributed by atoms with van der Waals surface area (Å²) in [6.07, 6.45) is 7.18. The lowest BCUT2D eigenvalue weighted by molar-refractivity contribution is 0.0369. The summed E-state index contributed by atoms with van der Waals surface area (Å²) in [5.41, 5.74) is -0.150. The topological polar surface area (TPSA) is 32.3 Å². The Bertz CT molecular complexity index is 211. The summed E-state index contributed by atoms with van der Waals surface area (Å²) in [6.45, 7) is 9.49. The first-order valence-electron chi connectivity index (χ1n) is 6.83. The molecule has 1 aliphatic carbocycles. The lowest BCUT2D eigenvalue weighted by atomic mass is 9.73. The van der Waals surface area contributed by atoms with Crippen molar-refractivity contribution in [3.63, 3.8) is 0 Å². The van der Waals surface area contributed by atoms with E-state index in [1.165, 1.54) is 25.7 Å². The molecule has 0 aromatic carbocycles. The number of rotatable bonds is 5. The molecule has 0 bridgehead atoms. The van der Waals surface area contributed by atoms with Gasteiger partial charge < -0.3 is 10.4 Å². The fourth-order valence-corrected chi connectivity index (χ4v) is 2.84. The van der Waals surface area contributed by atoms with Crippen LogP contribution in [-0.2, 0) is 0 Å². The van der Waals surface area contributed by atoms with Gasteiger partial charge in [0.1, 0.15) is 0 Å². The van der Waals surface area contributed by atoms with Crippen LogP contribution in [-0.4, -0.2) is 23.3 Å². The second-order valence-electron chi connectivity index (χ2n) is 6.41. The predicted molar refractivity (Wildman–Crippen MR) is 69.6 cm³/mol. The lowest BCUT2D eigenvalue weighted by Gasteiger charge is -2.40. The van der Waals surface area contributed by atoms with Crippen LogP contribution >= 0.6 is 0 Å². The highest BCUT2D eigenvalue weighted by Crippen LogP contribution is 2.35. The molecular weight excluding hydrogens is 198 g/mol. The van der Waals surface area contributed by atoms with Crippen LogP contribution in [0.25, 0.3) is 0 Å². The Kier molecular flexibility index (Phi) is 4.81. The molecule has 2 heteroatoms. The van der Waals surface area contributed by atoms with Gasteiger partial charge in [-0.05, 0) is 31.6 Å². The quantitative estimate of drug-likeness (QED) is 0.756. The van der Waals surface area contributed by atoms with Gasteiger partial charge in [0.05, 0.1) is 5.60 Å². The molecule has 0 heterocycles. The monoisotopic (exact) mass is 227 g/mol. The van der Waals surface area contributed by atoms with Crippen molar-refractivity contribution in [3.8, 4) is 0 Å². The summed E-state index contributed by atoms with van der Waals surface area (Å²) in [6, 6.07) is 0.574. The molecule has 2 N–H and O–H groups in total. The fraction of sp³-hybridized carbons (Fsp3) is 1.00. The third-order valence-corrected chi connectivity index (χ3v) is 4.03. The van der Waals surface area contributed by atoms with Gasteiger partial charge in [0.15, 0.2) is 0 Å². The largest absolute Gasteiger partial charge is 0.389 e. The van der Waals surface area contributed by atoms with Crippen molar-refractivity contribution in [1.82, 2.24) is 5.32 Å². The average Bonchev–Trinajstić information content (AvgIpc) is 2.15. The van der Waals surface area contributed by atoms with Crippen molar-refractivity contribution < 1.29 is 5.11 Å². The molecule has 1 aliphatic rings. The molecule has 2 unspecified atom stereocenters. The van der Waals surface area contributed by atoms with Crippen molar-refractivity contribution >= 4 is 0 Å². The molecule has 0 aliphatic heterocycles. The van der Waals surface area contributed by atoms with Gasteiger partial charge in [-0.25, -0.2) is 0 Å². The summed E-state index contributed by atoms with van der Waals surface area (Å²) < 4.78 is 0. The summed E-state index contributed by atoms with van der Waals surface area (Å²) in [5.74, 6) is 0. The molecule has 0 spiro atoms. The zero-order valence-electron chi connectivity index (χ0n) is 11.5. The van der Waals surface area contributed by atoms with Crippen LogP contribution in [0.15, 0.2) is 0 Å². The van der Waals surface area contributed by atoms with E-state index in [1.807, 2.05) is 6.92 Å². The summed E-state index contributed by atoms with van der Waals surface area (Å²) in [7, 11) is 0. The third kappa shape index (κ3) is 4.06. The Balaban J connectivity index is 2.41. The lowest BCUT2D eigenvalue weighted by Crippen LogP contribution is -2.49. The predicted octanol–water partition coefficient (Wildman–Crippen LogP) is 3.10. The van der Waals surface area contributed by atoms with Gasteiger partial charge in [-0.15, -0.1) is 0 Å². The molecular formula is C14H29NO. The number of nitrogens with one attached hydrogen (secondary N) is 1. The molecule has 0 amide bonds. The van der Waals surface area contributed by atoms with Gasteiger partial charge in [-0.2, -0.15) is 0 Å². The fourth-order valence-electron chi connectivity index (χ4n) is 2.84. The van der Waals surface area contributed by atoms with E-state index < -0.39 is 5.60 Å². The minimum Gasteiger partial charge on any atom is -0.389 e. The maximum Gasteiger partial charge on any atom is 0.0743 e. The summed E-state index contributed by atoms with van der Waals surface area (Å²) in [5, 5.41) is 13.7.